The second kappa shape index (κ2) is 7.70. The van der Waals surface area contributed by atoms with Gasteiger partial charge in [-0.25, -0.2) is 0 Å². The molecule has 0 aliphatic rings. The molecule has 0 unspecified atom stereocenters. The van der Waals surface area contributed by atoms with Crippen molar-refractivity contribution >= 4 is 23.1 Å². The fourth-order valence-electron chi connectivity index (χ4n) is 2.29. The Morgan fingerprint density at radius 1 is 1.12 bits per heavy atom. The van der Waals surface area contributed by atoms with E-state index in [1.165, 1.54) is 11.5 Å². The topological polar surface area (TPSA) is 64.1 Å². The average molecular weight is 339 g/mol. The Balaban J connectivity index is 1.52. The molecule has 6 heteroatoms. The molecule has 5 nitrogen and oxygen atoms in total. The Bertz CT molecular complexity index is 784. The number of aryl methyl sites for hydroxylation is 1. The first-order chi connectivity index (χ1) is 11.7. The largest absolute Gasteiger partial charge is 0.497 e. The molecule has 24 heavy (non-hydrogen) atoms. The molecule has 1 amide bonds. The normalized spacial score (nSPS) is 10.4. The van der Waals surface area contributed by atoms with Gasteiger partial charge in [0.15, 0.2) is 0 Å². The molecule has 0 atom stereocenters. The quantitative estimate of drug-likeness (QED) is 0.742. The van der Waals surface area contributed by atoms with Gasteiger partial charge in [0, 0.05) is 23.1 Å². The lowest BCUT2D eigenvalue weighted by Gasteiger charge is -2.06. The number of hydrogen-bond acceptors (Lipinski definition) is 5. The van der Waals surface area contributed by atoms with Crippen LogP contribution in [0, 0.1) is 0 Å². The summed E-state index contributed by atoms with van der Waals surface area (Å²) in [5, 5.41) is 8.83. The summed E-state index contributed by atoms with van der Waals surface area (Å²) in [7, 11) is 1.64. The first-order valence-electron chi connectivity index (χ1n) is 7.55. The molecular weight excluding hydrogens is 322 g/mol. The smallest absolute Gasteiger partial charge is 0.224 e. The summed E-state index contributed by atoms with van der Waals surface area (Å²) in [6.45, 7) is 0. The Morgan fingerprint density at radius 3 is 2.50 bits per heavy atom. The monoisotopic (exact) mass is 339 g/mol. The summed E-state index contributed by atoms with van der Waals surface area (Å²) in [4.78, 5) is 12.1. The van der Waals surface area contributed by atoms with Crippen LogP contribution >= 0.6 is 11.5 Å². The minimum atomic E-state index is -0.00565. The van der Waals surface area contributed by atoms with Gasteiger partial charge in [-0.2, -0.15) is 0 Å². The fraction of sp³-hybridized carbons (Fsp3) is 0.167. The first-order valence-corrected chi connectivity index (χ1v) is 8.38. The summed E-state index contributed by atoms with van der Waals surface area (Å²) in [5.41, 5.74) is 3.72. The molecule has 122 valence electrons. The highest BCUT2D eigenvalue weighted by atomic mass is 32.1. The molecule has 1 N–H and O–H groups in total. The minimum absolute atomic E-state index is 0.00565. The molecule has 3 aromatic rings. The molecule has 0 saturated heterocycles. The predicted octanol–water partition coefficient (Wildman–Crippen LogP) is 3.79. The Labute approximate surface area is 144 Å². The van der Waals surface area contributed by atoms with Gasteiger partial charge in [-0.1, -0.05) is 28.8 Å². The van der Waals surface area contributed by atoms with Crippen LogP contribution in [0.5, 0.6) is 5.75 Å². The molecule has 0 spiro atoms. The second-order valence-electron chi connectivity index (χ2n) is 5.26. The highest BCUT2D eigenvalue weighted by molar-refractivity contribution is 7.03. The number of ether oxygens (including phenoxy) is 1. The van der Waals surface area contributed by atoms with Crippen LogP contribution < -0.4 is 10.1 Å². The molecule has 0 bridgehead atoms. The number of benzene rings is 2. The Morgan fingerprint density at radius 2 is 1.88 bits per heavy atom. The van der Waals surface area contributed by atoms with Crippen LogP contribution in [0.4, 0.5) is 5.69 Å². The third-order valence-corrected chi connectivity index (χ3v) is 4.13. The minimum Gasteiger partial charge on any atom is -0.497 e. The fourth-order valence-corrected chi connectivity index (χ4v) is 2.75. The van der Waals surface area contributed by atoms with Gasteiger partial charge in [0.05, 0.1) is 7.11 Å². The number of nitrogens with one attached hydrogen (secondary N) is 1. The summed E-state index contributed by atoms with van der Waals surface area (Å²) in [5.74, 6) is 0.812. The van der Waals surface area contributed by atoms with Crippen molar-refractivity contribution in [1.29, 1.82) is 0 Å². The zero-order chi connectivity index (χ0) is 16.8. The van der Waals surface area contributed by atoms with Crippen LogP contribution in [0.25, 0.3) is 11.3 Å². The van der Waals surface area contributed by atoms with E-state index in [0.29, 0.717) is 12.8 Å². The van der Waals surface area contributed by atoms with Gasteiger partial charge in [-0.15, -0.1) is 5.10 Å². The van der Waals surface area contributed by atoms with Crippen molar-refractivity contribution in [2.24, 2.45) is 0 Å². The molecule has 1 heterocycles. The number of methoxy groups -OCH3 is 1. The number of amides is 1. The molecule has 2 aromatic carbocycles. The van der Waals surface area contributed by atoms with Gasteiger partial charge >= 0.3 is 0 Å². The summed E-state index contributed by atoms with van der Waals surface area (Å²) >= 11 is 1.32. The predicted molar refractivity (Wildman–Crippen MR) is 95.3 cm³/mol. The van der Waals surface area contributed by atoms with E-state index >= 15 is 0 Å². The van der Waals surface area contributed by atoms with Crippen molar-refractivity contribution in [3.05, 3.63) is 59.5 Å². The summed E-state index contributed by atoms with van der Waals surface area (Å²) in [6.07, 6.45) is 1.13. The third kappa shape index (κ3) is 4.17. The molecule has 0 saturated carbocycles. The maximum atomic E-state index is 12.1. The van der Waals surface area contributed by atoms with E-state index in [4.69, 9.17) is 4.74 Å². The molecule has 0 aliphatic carbocycles. The van der Waals surface area contributed by atoms with Crippen LogP contribution in [-0.4, -0.2) is 22.6 Å². The van der Waals surface area contributed by atoms with Crippen molar-refractivity contribution in [2.45, 2.75) is 12.8 Å². The molecule has 1 aromatic heterocycles. The van der Waals surface area contributed by atoms with E-state index in [1.807, 2.05) is 53.9 Å². The number of carbonyl (C=O) groups is 1. The Kier molecular flexibility index (Phi) is 5.18. The van der Waals surface area contributed by atoms with Gasteiger partial charge in [-0.05, 0) is 47.8 Å². The van der Waals surface area contributed by atoms with Crippen LogP contribution in [-0.2, 0) is 11.2 Å². The highest BCUT2D eigenvalue weighted by Crippen LogP contribution is 2.20. The Hall–Kier alpha value is -2.73. The molecule has 0 fully saturated rings. The number of hydrogen-bond donors (Lipinski definition) is 1. The van der Waals surface area contributed by atoms with Crippen LogP contribution in [0.1, 0.15) is 12.0 Å². The maximum Gasteiger partial charge on any atom is 0.224 e. The van der Waals surface area contributed by atoms with Crippen molar-refractivity contribution < 1.29 is 9.53 Å². The standard InChI is InChI=1S/C18H17N3O2S/c1-23-16-9-2-13(3-10-16)4-11-18(22)19-15-7-5-14(6-8-15)17-12-24-21-20-17/h2-3,5-10,12H,4,11H2,1H3,(H,19,22). The lowest BCUT2D eigenvalue weighted by atomic mass is 10.1. The number of anilines is 1. The second-order valence-corrected chi connectivity index (χ2v) is 5.87. The van der Waals surface area contributed by atoms with Crippen molar-refractivity contribution in [3.63, 3.8) is 0 Å². The lowest BCUT2D eigenvalue weighted by molar-refractivity contribution is -0.116. The third-order valence-electron chi connectivity index (χ3n) is 3.62. The lowest BCUT2D eigenvalue weighted by Crippen LogP contribution is -2.12. The first kappa shape index (κ1) is 16.1. The van der Waals surface area contributed by atoms with Crippen LogP contribution in [0.2, 0.25) is 0 Å². The summed E-state index contributed by atoms with van der Waals surface area (Å²) in [6, 6.07) is 15.4. The van der Waals surface area contributed by atoms with Gasteiger partial charge in [0.2, 0.25) is 5.91 Å². The summed E-state index contributed by atoms with van der Waals surface area (Å²) < 4.78 is 8.97. The van der Waals surface area contributed by atoms with E-state index in [1.54, 1.807) is 7.11 Å². The van der Waals surface area contributed by atoms with Gasteiger partial charge in [0.1, 0.15) is 11.4 Å². The van der Waals surface area contributed by atoms with E-state index in [0.717, 1.165) is 28.3 Å². The zero-order valence-corrected chi connectivity index (χ0v) is 14.0. The van der Waals surface area contributed by atoms with Gasteiger partial charge < -0.3 is 10.1 Å². The van der Waals surface area contributed by atoms with Crippen molar-refractivity contribution in [2.75, 3.05) is 12.4 Å². The van der Waals surface area contributed by atoms with E-state index in [-0.39, 0.29) is 5.91 Å². The maximum absolute atomic E-state index is 12.1. The molecule has 3 rings (SSSR count). The SMILES string of the molecule is COc1ccc(CCC(=O)Nc2ccc(-c3csnn3)cc2)cc1. The van der Waals surface area contributed by atoms with Gasteiger partial charge in [-0.3, -0.25) is 4.79 Å². The molecule has 0 aliphatic heterocycles. The van der Waals surface area contributed by atoms with E-state index in [2.05, 4.69) is 14.9 Å². The number of rotatable bonds is 6. The molecular formula is C18H17N3O2S. The van der Waals surface area contributed by atoms with E-state index < -0.39 is 0 Å². The van der Waals surface area contributed by atoms with Crippen molar-refractivity contribution in [3.8, 4) is 17.0 Å². The number of aromatic nitrogens is 2. The van der Waals surface area contributed by atoms with E-state index in [9.17, 15) is 4.79 Å². The number of nitrogens with zero attached hydrogens (tertiary/aromatic N) is 2. The zero-order valence-electron chi connectivity index (χ0n) is 13.2. The van der Waals surface area contributed by atoms with Crippen LogP contribution in [0.3, 0.4) is 0 Å². The van der Waals surface area contributed by atoms with Gasteiger partial charge in [0.25, 0.3) is 0 Å². The van der Waals surface area contributed by atoms with Crippen molar-refractivity contribution in [1.82, 2.24) is 9.59 Å². The molecule has 0 radical (unpaired) electrons. The number of carbonyl (C=O) groups excluding carboxylic acids is 1. The average Bonchev–Trinajstić information content (AvgIpc) is 3.16. The van der Waals surface area contributed by atoms with Crippen LogP contribution in [0.15, 0.2) is 53.9 Å². The highest BCUT2D eigenvalue weighted by Gasteiger charge is 2.05.